The van der Waals surface area contributed by atoms with Gasteiger partial charge in [0.1, 0.15) is 5.69 Å². The number of aryl methyl sites for hydroxylation is 1. The summed E-state index contributed by atoms with van der Waals surface area (Å²) < 4.78 is 10.6. The Balaban J connectivity index is 1.56. The molecule has 2 heterocycles. The van der Waals surface area contributed by atoms with Crippen molar-refractivity contribution < 1.29 is 14.1 Å². The summed E-state index contributed by atoms with van der Waals surface area (Å²) in [5.74, 6) is 0.706. The number of amides is 1. The first-order valence-corrected chi connectivity index (χ1v) is 8.45. The van der Waals surface area contributed by atoms with Gasteiger partial charge < -0.3 is 14.6 Å². The van der Waals surface area contributed by atoms with Crippen LogP contribution in [0.4, 0.5) is 5.69 Å². The Bertz CT molecular complexity index is 849. The summed E-state index contributed by atoms with van der Waals surface area (Å²) in [6.45, 7) is 3.02. The Hall–Kier alpha value is -3.06. The van der Waals surface area contributed by atoms with E-state index in [1.54, 1.807) is 12.3 Å². The van der Waals surface area contributed by atoms with Crippen LogP contribution >= 0.6 is 0 Å². The largest absolute Gasteiger partial charge is 0.377 e. The summed E-state index contributed by atoms with van der Waals surface area (Å²) in [4.78, 5) is 20.7. The quantitative estimate of drug-likeness (QED) is 0.669. The number of anilines is 1. The molecule has 0 radical (unpaired) electrons. The van der Waals surface area contributed by atoms with Crippen LogP contribution in [0.25, 0.3) is 11.5 Å². The molecule has 26 heavy (non-hydrogen) atoms. The summed E-state index contributed by atoms with van der Waals surface area (Å²) in [6.07, 6.45) is 2.27. The van der Waals surface area contributed by atoms with Gasteiger partial charge in [-0.1, -0.05) is 29.4 Å². The van der Waals surface area contributed by atoms with Gasteiger partial charge in [0.2, 0.25) is 17.6 Å². The van der Waals surface area contributed by atoms with Crippen LogP contribution in [-0.4, -0.2) is 27.6 Å². The third kappa shape index (κ3) is 4.73. The van der Waals surface area contributed by atoms with Gasteiger partial charge >= 0.3 is 0 Å². The van der Waals surface area contributed by atoms with Crippen molar-refractivity contribution in [3.05, 3.63) is 60.1 Å². The number of nitrogens with zero attached hydrogens (tertiary/aromatic N) is 3. The number of nitrogens with one attached hydrogen (secondary N) is 1. The molecule has 134 valence electrons. The molecule has 0 aliphatic carbocycles. The normalized spacial score (nSPS) is 10.7. The van der Waals surface area contributed by atoms with E-state index in [1.807, 2.05) is 43.3 Å². The average Bonchev–Trinajstić information content (AvgIpc) is 3.15. The van der Waals surface area contributed by atoms with E-state index in [0.717, 1.165) is 11.3 Å². The molecule has 0 atom stereocenters. The first kappa shape index (κ1) is 17.8. The summed E-state index contributed by atoms with van der Waals surface area (Å²) in [5.41, 5.74) is 2.33. The Morgan fingerprint density at radius 3 is 2.85 bits per heavy atom. The fourth-order valence-electron chi connectivity index (χ4n) is 2.37. The van der Waals surface area contributed by atoms with Gasteiger partial charge in [-0.05, 0) is 25.1 Å². The minimum absolute atomic E-state index is 0.119. The van der Waals surface area contributed by atoms with Crippen molar-refractivity contribution in [2.24, 2.45) is 0 Å². The number of para-hydroxylation sites is 1. The van der Waals surface area contributed by atoms with Crippen LogP contribution in [0.5, 0.6) is 0 Å². The van der Waals surface area contributed by atoms with Crippen LogP contribution in [0.2, 0.25) is 0 Å². The summed E-state index contributed by atoms with van der Waals surface area (Å²) in [6, 6.07) is 13.1. The zero-order valence-electron chi connectivity index (χ0n) is 14.5. The molecule has 3 aromatic rings. The van der Waals surface area contributed by atoms with E-state index in [1.165, 1.54) is 0 Å². The van der Waals surface area contributed by atoms with E-state index in [-0.39, 0.29) is 12.3 Å². The van der Waals surface area contributed by atoms with Gasteiger partial charge in [0.15, 0.2) is 0 Å². The van der Waals surface area contributed by atoms with Crippen molar-refractivity contribution in [3.63, 3.8) is 0 Å². The van der Waals surface area contributed by atoms with Crippen LogP contribution in [0.1, 0.15) is 24.8 Å². The molecule has 0 saturated carbocycles. The smallest absolute Gasteiger partial charge is 0.227 e. The zero-order chi connectivity index (χ0) is 18.2. The number of benzene rings is 1. The van der Waals surface area contributed by atoms with Gasteiger partial charge in [-0.15, -0.1) is 0 Å². The topological polar surface area (TPSA) is 90.1 Å². The molecule has 0 aliphatic rings. The number of carbonyl (C=O) groups is 1. The number of carbonyl (C=O) groups excluding carboxylic acids is 1. The summed E-state index contributed by atoms with van der Waals surface area (Å²) in [7, 11) is 0. The third-order valence-electron chi connectivity index (χ3n) is 3.68. The second-order valence-corrected chi connectivity index (χ2v) is 5.57. The molecule has 7 heteroatoms. The SMILES string of the molecule is CCOCc1ccccc1NC(=O)CCc1nc(-c2ccccn2)no1. The lowest BCUT2D eigenvalue weighted by Gasteiger charge is -2.10. The maximum absolute atomic E-state index is 12.2. The Labute approximate surface area is 151 Å². The van der Waals surface area contributed by atoms with E-state index in [0.29, 0.717) is 37.0 Å². The van der Waals surface area contributed by atoms with Crippen molar-refractivity contribution in [3.8, 4) is 11.5 Å². The highest BCUT2D eigenvalue weighted by Gasteiger charge is 2.12. The maximum Gasteiger partial charge on any atom is 0.227 e. The van der Waals surface area contributed by atoms with Gasteiger partial charge in [-0.3, -0.25) is 9.78 Å². The first-order valence-electron chi connectivity index (χ1n) is 8.45. The predicted molar refractivity (Wildman–Crippen MR) is 96.3 cm³/mol. The van der Waals surface area contributed by atoms with E-state index >= 15 is 0 Å². The average molecular weight is 352 g/mol. The minimum Gasteiger partial charge on any atom is -0.377 e. The molecule has 1 amide bonds. The van der Waals surface area contributed by atoms with Crippen LogP contribution < -0.4 is 5.32 Å². The fourth-order valence-corrected chi connectivity index (χ4v) is 2.37. The minimum atomic E-state index is -0.119. The third-order valence-corrected chi connectivity index (χ3v) is 3.68. The monoisotopic (exact) mass is 352 g/mol. The summed E-state index contributed by atoms with van der Waals surface area (Å²) >= 11 is 0. The second kappa shape index (κ2) is 8.87. The molecule has 0 unspecified atom stereocenters. The Morgan fingerprint density at radius 1 is 1.19 bits per heavy atom. The highest BCUT2D eigenvalue weighted by Crippen LogP contribution is 2.17. The number of rotatable bonds is 8. The number of hydrogen-bond donors (Lipinski definition) is 1. The lowest BCUT2D eigenvalue weighted by Crippen LogP contribution is -2.14. The van der Waals surface area contributed by atoms with Crippen LogP contribution in [0.3, 0.4) is 0 Å². The molecular formula is C19H20N4O3. The molecule has 1 aromatic carbocycles. The molecule has 7 nitrogen and oxygen atoms in total. The van der Waals surface area contributed by atoms with Crippen LogP contribution in [0, 0.1) is 0 Å². The number of aromatic nitrogens is 3. The van der Waals surface area contributed by atoms with Gasteiger partial charge in [0.05, 0.1) is 6.61 Å². The molecular weight excluding hydrogens is 332 g/mol. The van der Waals surface area contributed by atoms with Crippen molar-refractivity contribution in [1.29, 1.82) is 0 Å². The molecule has 0 fully saturated rings. The fraction of sp³-hybridized carbons (Fsp3) is 0.263. The second-order valence-electron chi connectivity index (χ2n) is 5.57. The Kier molecular flexibility index (Phi) is 6.05. The van der Waals surface area contributed by atoms with Crippen molar-refractivity contribution in [2.45, 2.75) is 26.4 Å². The first-order chi connectivity index (χ1) is 12.8. The zero-order valence-corrected chi connectivity index (χ0v) is 14.5. The Morgan fingerprint density at radius 2 is 2.04 bits per heavy atom. The molecule has 1 N–H and O–H groups in total. The van der Waals surface area contributed by atoms with Crippen molar-refractivity contribution in [2.75, 3.05) is 11.9 Å². The highest BCUT2D eigenvalue weighted by atomic mass is 16.5. The van der Waals surface area contributed by atoms with Gasteiger partial charge in [0.25, 0.3) is 0 Å². The highest BCUT2D eigenvalue weighted by molar-refractivity contribution is 5.91. The molecule has 2 aromatic heterocycles. The lowest BCUT2D eigenvalue weighted by molar-refractivity contribution is -0.116. The molecule has 0 saturated heterocycles. The summed E-state index contributed by atoms with van der Waals surface area (Å²) in [5, 5.41) is 6.81. The molecule has 0 bridgehead atoms. The number of ether oxygens (including phenoxy) is 1. The van der Waals surface area contributed by atoms with Gasteiger partial charge in [-0.25, -0.2) is 0 Å². The van der Waals surface area contributed by atoms with Crippen LogP contribution in [0.15, 0.2) is 53.2 Å². The predicted octanol–water partition coefficient (Wildman–Crippen LogP) is 3.24. The van der Waals surface area contributed by atoms with Crippen molar-refractivity contribution >= 4 is 11.6 Å². The van der Waals surface area contributed by atoms with E-state index in [2.05, 4.69) is 20.4 Å². The van der Waals surface area contributed by atoms with Gasteiger partial charge in [0, 0.05) is 36.9 Å². The number of pyridine rings is 1. The standard InChI is InChI=1S/C19H20N4O3/c1-2-25-13-14-7-3-4-8-15(14)21-17(24)10-11-18-22-19(23-26-18)16-9-5-6-12-20-16/h3-9,12H,2,10-11,13H2,1H3,(H,21,24). The molecule has 0 aliphatic heterocycles. The molecule has 0 spiro atoms. The number of hydrogen-bond acceptors (Lipinski definition) is 6. The van der Waals surface area contributed by atoms with Crippen molar-refractivity contribution in [1.82, 2.24) is 15.1 Å². The van der Waals surface area contributed by atoms with E-state index in [4.69, 9.17) is 9.26 Å². The lowest BCUT2D eigenvalue weighted by atomic mass is 10.2. The van der Waals surface area contributed by atoms with Crippen LogP contribution in [-0.2, 0) is 22.6 Å². The maximum atomic E-state index is 12.2. The van der Waals surface area contributed by atoms with Gasteiger partial charge in [-0.2, -0.15) is 4.98 Å². The van der Waals surface area contributed by atoms with E-state index < -0.39 is 0 Å². The molecule has 3 rings (SSSR count). The van der Waals surface area contributed by atoms with E-state index in [9.17, 15) is 4.79 Å².